The second-order valence-corrected chi connectivity index (χ2v) is 12.3. The van der Waals surface area contributed by atoms with Crippen molar-refractivity contribution in [3.8, 4) is 5.75 Å². The summed E-state index contributed by atoms with van der Waals surface area (Å²) >= 11 is 0. The van der Waals surface area contributed by atoms with E-state index in [0.717, 1.165) is 0 Å². The van der Waals surface area contributed by atoms with Crippen LogP contribution in [0.4, 0.5) is 26.3 Å². The Labute approximate surface area is 260 Å². The summed E-state index contributed by atoms with van der Waals surface area (Å²) < 4.78 is 99.9. The molecule has 3 nitrogen and oxygen atoms in total. The third kappa shape index (κ3) is 7.04. The molecule has 2 fully saturated rings. The van der Waals surface area contributed by atoms with E-state index in [1.807, 2.05) is 0 Å². The van der Waals surface area contributed by atoms with Gasteiger partial charge in [-0.05, 0) is 105 Å². The summed E-state index contributed by atoms with van der Waals surface area (Å²) in [5.41, 5.74) is 0.911. The smallest absolute Gasteiger partial charge is 0.200 e. The van der Waals surface area contributed by atoms with E-state index in [9.17, 15) is 22.7 Å². The summed E-state index contributed by atoms with van der Waals surface area (Å²) in [6.45, 7) is 3.50. The van der Waals surface area contributed by atoms with Crippen LogP contribution >= 0.6 is 0 Å². The zero-order valence-electron chi connectivity index (χ0n) is 25.7. The molecule has 244 valence electrons. The Bertz CT molecular complexity index is 1480. The van der Waals surface area contributed by atoms with Gasteiger partial charge in [0.2, 0.25) is 5.82 Å². The molecule has 0 bridgehead atoms. The third-order valence-electron chi connectivity index (χ3n) is 9.65. The number of rotatable bonds is 10. The van der Waals surface area contributed by atoms with Gasteiger partial charge in [0, 0.05) is 11.1 Å². The van der Waals surface area contributed by atoms with Crippen molar-refractivity contribution < 1.29 is 40.9 Å². The van der Waals surface area contributed by atoms with Crippen LogP contribution in [0.15, 0.2) is 36.4 Å². The molecule has 3 aromatic rings. The van der Waals surface area contributed by atoms with Crippen LogP contribution in [0.5, 0.6) is 5.75 Å². The van der Waals surface area contributed by atoms with Gasteiger partial charge in [0.25, 0.3) is 0 Å². The number of benzene rings is 3. The quantitative estimate of drug-likeness (QED) is 0.226. The molecule has 3 aromatic carbocycles. The predicted molar refractivity (Wildman–Crippen MR) is 159 cm³/mol. The third-order valence-corrected chi connectivity index (χ3v) is 9.65. The summed E-state index contributed by atoms with van der Waals surface area (Å²) in [7, 11) is 0. The average molecular weight is 635 g/mol. The highest BCUT2D eigenvalue weighted by molar-refractivity contribution is 5.35. The summed E-state index contributed by atoms with van der Waals surface area (Å²) in [5, 5.41) is 9.93. The van der Waals surface area contributed by atoms with E-state index in [-0.39, 0.29) is 77.1 Å². The molecule has 0 aromatic heterocycles. The molecule has 2 aliphatic carbocycles. The van der Waals surface area contributed by atoms with Crippen LogP contribution in [0.2, 0.25) is 0 Å². The Balaban J connectivity index is 1.14. The van der Waals surface area contributed by atoms with E-state index < -0.39 is 41.0 Å². The molecule has 1 atom stereocenters. The number of hydrogen-bond acceptors (Lipinski definition) is 3. The highest BCUT2D eigenvalue weighted by Crippen LogP contribution is 2.43. The van der Waals surface area contributed by atoms with E-state index >= 15 is 8.78 Å². The lowest BCUT2D eigenvalue weighted by Crippen LogP contribution is -2.22. The topological polar surface area (TPSA) is 38.7 Å². The maximum atomic E-state index is 15.2. The van der Waals surface area contributed by atoms with Crippen LogP contribution in [0.25, 0.3) is 0 Å². The number of aliphatic hydroxyl groups is 1. The fourth-order valence-electron chi connectivity index (χ4n) is 7.00. The van der Waals surface area contributed by atoms with E-state index in [0.29, 0.717) is 51.4 Å². The first-order chi connectivity index (χ1) is 21.6. The van der Waals surface area contributed by atoms with Gasteiger partial charge in [0.05, 0.1) is 25.4 Å². The van der Waals surface area contributed by atoms with Crippen molar-refractivity contribution in [1.82, 2.24) is 0 Å². The van der Waals surface area contributed by atoms with E-state index in [4.69, 9.17) is 9.47 Å². The highest BCUT2D eigenvalue weighted by Gasteiger charge is 2.31. The maximum Gasteiger partial charge on any atom is 0.200 e. The SMILES string of the molecule is CCOc1ccc(C2CCC(c3ccc(COC4CCC(c5ccc(C(O)CC)c(F)c5F)CC4)c(F)c3F)CC2)c(F)c1F. The van der Waals surface area contributed by atoms with Crippen molar-refractivity contribution >= 4 is 0 Å². The molecule has 0 heterocycles. The van der Waals surface area contributed by atoms with Gasteiger partial charge in [-0.3, -0.25) is 0 Å². The monoisotopic (exact) mass is 634 g/mol. The lowest BCUT2D eigenvalue weighted by atomic mass is 9.75. The second kappa shape index (κ2) is 14.6. The van der Waals surface area contributed by atoms with Crippen LogP contribution < -0.4 is 4.74 Å². The Kier molecular flexibility index (Phi) is 10.8. The van der Waals surface area contributed by atoms with Crippen molar-refractivity contribution in [2.45, 2.75) is 108 Å². The minimum absolute atomic E-state index is 0.0419. The molecule has 1 N–H and O–H groups in total. The van der Waals surface area contributed by atoms with Crippen LogP contribution in [0.3, 0.4) is 0 Å². The van der Waals surface area contributed by atoms with Crippen molar-refractivity contribution in [2.75, 3.05) is 6.61 Å². The molecule has 0 amide bonds. The van der Waals surface area contributed by atoms with Gasteiger partial charge >= 0.3 is 0 Å². The van der Waals surface area contributed by atoms with Gasteiger partial charge in [0.1, 0.15) is 0 Å². The van der Waals surface area contributed by atoms with Gasteiger partial charge in [-0.1, -0.05) is 37.3 Å². The van der Waals surface area contributed by atoms with Crippen LogP contribution in [0, 0.1) is 34.9 Å². The van der Waals surface area contributed by atoms with Gasteiger partial charge in [0.15, 0.2) is 34.8 Å². The first-order valence-electron chi connectivity index (χ1n) is 16.0. The first-order valence-corrected chi connectivity index (χ1v) is 16.0. The molecule has 0 radical (unpaired) electrons. The molecule has 2 aliphatic rings. The van der Waals surface area contributed by atoms with Crippen LogP contribution in [0.1, 0.15) is 123 Å². The van der Waals surface area contributed by atoms with Crippen LogP contribution in [-0.2, 0) is 11.3 Å². The van der Waals surface area contributed by atoms with Gasteiger partial charge < -0.3 is 14.6 Å². The van der Waals surface area contributed by atoms with Crippen molar-refractivity contribution in [2.24, 2.45) is 0 Å². The highest BCUT2D eigenvalue weighted by atomic mass is 19.2. The first kappa shape index (κ1) is 33.3. The molecular weight excluding hydrogens is 594 g/mol. The predicted octanol–water partition coefficient (Wildman–Crippen LogP) is 10.0. The van der Waals surface area contributed by atoms with Crippen molar-refractivity contribution in [3.63, 3.8) is 0 Å². The molecule has 9 heteroatoms. The lowest BCUT2D eigenvalue weighted by molar-refractivity contribution is 0.0116. The fraction of sp³-hybridized carbons (Fsp3) is 0.500. The van der Waals surface area contributed by atoms with E-state index in [1.54, 1.807) is 32.0 Å². The number of ether oxygens (including phenoxy) is 2. The van der Waals surface area contributed by atoms with Gasteiger partial charge in [-0.15, -0.1) is 0 Å². The minimum atomic E-state index is -1.06. The zero-order valence-corrected chi connectivity index (χ0v) is 25.7. The molecule has 2 saturated carbocycles. The number of aliphatic hydroxyl groups excluding tert-OH is 1. The van der Waals surface area contributed by atoms with Crippen molar-refractivity contribution in [3.05, 3.63) is 99.1 Å². The van der Waals surface area contributed by atoms with E-state index in [1.165, 1.54) is 18.2 Å². The molecule has 1 unspecified atom stereocenters. The van der Waals surface area contributed by atoms with Crippen molar-refractivity contribution in [1.29, 1.82) is 0 Å². The molecule has 0 aliphatic heterocycles. The molecule has 0 saturated heterocycles. The Hall–Kier alpha value is -3.04. The molecule has 5 rings (SSSR count). The zero-order chi connectivity index (χ0) is 32.2. The second-order valence-electron chi connectivity index (χ2n) is 12.3. The summed E-state index contributed by atoms with van der Waals surface area (Å²) in [4.78, 5) is 0. The fourth-order valence-corrected chi connectivity index (χ4v) is 7.00. The molecule has 45 heavy (non-hydrogen) atoms. The largest absolute Gasteiger partial charge is 0.491 e. The van der Waals surface area contributed by atoms with Crippen LogP contribution in [-0.4, -0.2) is 17.8 Å². The Morgan fingerprint density at radius 3 is 1.67 bits per heavy atom. The Morgan fingerprint density at radius 1 is 0.622 bits per heavy atom. The summed E-state index contributed by atoms with van der Waals surface area (Å²) in [5.74, 6) is -6.47. The molecule has 0 spiro atoms. The number of halogens is 6. The molecular formula is C36H40F6O3. The number of hydrogen-bond donors (Lipinski definition) is 1. The van der Waals surface area contributed by atoms with Gasteiger partial charge in [-0.25, -0.2) is 22.0 Å². The Morgan fingerprint density at radius 2 is 1.11 bits per heavy atom. The minimum Gasteiger partial charge on any atom is -0.491 e. The lowest BCUT2D eigenvalue weighted by Gasteiger charge is -2.30. The normalized spacial score (nSPS) is 22.8. The van der Waals surface area contributed by atoms with E-state index in [2.05, 4.69) is 0 Å². The summed E-state index contributed by atoms with van der Waals surface area (Å²) in [6.07, 6.45) is 3.32. The van der Waals surface area contributed by atoms with Gasteiger partial charge in [-0.2, -0.15) is 4.39 Å². The average Bonchev–Trinajstić information content (AvgIpc) is 3.05. The summed E-state index contributed by atoms with van der Waals surface area (Å²) in [6, 6.07) is 9.10. The standard InChI is InChI=1S/C36H40F6O3/c1-3-29(43)28-16-15-26(33(39)35(28)41)22-9-12-24(13-10-22)45-19-23-11-14-25(32(38)31(23)37)20-5-7-21(8-6-20)27-17-18-30(44-4-2)36(42)34(27)40/h11,14-18,20-22,24,29,43H,3-10,12-13,19H2,1-2H3. The maximum absolute atomic E-state index is 15.2.